The fourth-order valence-corrected chi connectivity index (χ4v) is 2.23. The highest BCUT2D eigenvalue weighted by Gasteiger charge is 2.23. The summed E-state index contributed by atoms with van der Waals surface area (Å²) in [6.45, 7) is 6.45. The zero-order valence-corrected chi connectivity index (χ0v) is 13.7. The Hall–Kier alpha value is -0.930. The van der Waals surface area contributed by atoms with E-state index in [1.54, 1.807) is 24.6 Å². The Morgan fingerprint density at radius 1 is 1.30 bits per heavy atom. The average molecular weight is 317 g/mol. The lowest BCUT2D eigenvalue weighted by molar-refractivity contribution is 0.0286. The summed E-state index contributed by atoms with van der Waals surface area (Å²) in [6, 6.07) is 7.51. The van der Waals surface area contributed by atoms with Crippen LogP contribution in [0.5, 0.6) is 0 Å². The fourth-order valence-electron chi connectivity index (χ4n) is 1.79. The van der Waals surface area contributed by atoms with Gasteiger partial charge in [-0.3, -0.25) is 5.01 Å². The van der Waals surface area contributed by atoms with Crippen LogP contribution in [0, 0.1) is 0 Å². The SMILES string of the molecule is CCCCC1OC=NN1C(C)C.Clc1cccc(Cl)c1. The smallest absolute Gasteiger partial charge is 0.195 e. The van der Waals surface area contributed by atoms with Gasteiger partial charge in [0.25, 0.3) is 0 Å². The largest absolute Gasteiger partial charge is 0.457 e. The van der Waals surface area contributed by atoms with Gasteiger partial charge < -0.3 is 4.74 Å². The van der Waals surface area contributed by atoms with Crippen LogP contribution in [0.3, 0.4) is 0 Å². The molecule has 0 N–H and O–H groups in total. The zero-order valence-electron chi connectivity index (χ0n) is 12.2. The van der Waals surface area contributed by atoms with Crippen LogP contribution >= 0.6 is 23.2 Å². The van der Waals surface area contributed by atoms with E-state index in [-0.39, 0.29) is 6.23 Å². The molecule has 5 heteroatoms. The summed E-state index contributed by atoms with van der Waals surface area (Å²) in [7, 11) is 0. The molecule has 1 aromatic rings. The van der Waals surface area contributed by atoms with Crippen LogP contribution in [0.1, 0.15) is 40.0 Å². The summed E-state index contributed by atoms with van der Waals surface area (Å²) in [4.78, 5) is 0. The third-order valence-corrected chi connectivity index (χ3v) is 3.28. The second kappa shape index (κ2) is 9.09. The Morgan fingerprint density at radius 3 is 2.40 bits per heavy atom. The van der Waals surface area contributed by atoms with Gasteiger partial charge in [-0.2, -0.15) is 0 Å². The van der Waals surface area contributed by atoms with Gasteiger partial charge in [-0.1, -0.05) is 42.6 Å². The average Bonchev–Trinajstić information content (AvgIpc) is 2.85. The third-order valence-electron chi connectivity index (χ3n) is 2.81. The van der Waals surface area contributed by atoms with E-state index < -0.39 is 0 Å². The Kier molecular flexibility index (Phi) is 7.78. The molecule has 1 atom stereocenters. The maximum absolute atomic E-state index is 5.56. The summed E-state index contributed by atoms with van der Waals surface area (Å²) in [5.41, 5.74) is 0. The molecular weight excluding hydrogens is 295 g/mol. The van der Waals surface area contributed by atoms with E-state index >= 15 is 0 Å². The molecule has 0 bridgehead atoms. The molecule has 0 aliphatic carbocycles. The quantitative estimate of drug-likeness (QED) is 0.764. The van der Waals surface area contributed by atoms with Gasteiger partial charge in [0, 0.05) is 22.5 Å². The highest BCUT2D eigenvalue weighted by Crippen LogP contribution is 2.17. The molecule has 0 fully saturated rings. The lowest BCUT2D eigenvalue weighted by Crippen LogP contribution is -2.33. The molecule has 0 spiro atoms. The van der Waals surface area contributed by atoms with E-state index in [0.29, 0.717) is 16.1 Å². The number of nitrogens with zero attached hydrogens (tertiary/aromatic N) is 2. The molecule has 112 valence electrons. The molecule has 1 aromatic carbocycles. The van der Waals surface area contributed by atoms with E-state index in [0.717, 1.165) is 6.42 Å². The minimum atomic E-state index is 0.185. The summed E-state index contributed by atoms with van der Waals surface area (Å²) in [5, 5.41) is 7.54. The Morgan fingerprint density at radius 2 is 1.95 bits per heavy atom. The molecule has 1 heterocycles. The number of rotatable bonds is 4. The van der Waals surface area contributed by atoms with Gasteiger partial charge in [-0.25, -0.2) is 0 Å². The Labute approximate surface area is 131 Å². The maximum Gasteiger partial charge on any atom is 0.195 e. The monoisotopic (exact) mass is 316 g/mol. The highest BCUT2D eigenvalue weighted by atomic mass is 35.5. The predicted octanol–water partition coefficient (Wildman–Crippen LogP) is 5.18. The van der Waals surface area contributed by atoms with E-state index in [4.69, 9.17) is 27.9 Å². The standard InChI is InChI=1S/C9H18N2O.C6H4Cl2/c1-4-5-6-9-11(8(2)3)10-7-12-9;7-5-2-1-3-6(8)4-5/h7-9H,4-6H2,1-3H3;1-4H. The van der Waals surface area contributed by atoms with Gasteiger partial charge in [-0.05, 0) is 38.5 Å². The number of halogens is 2. The van der Waals surface area contributed by atoms with Gasteiger partial charge in [0.1, 0.15) is 0 Å². The second-order valence-electron chi connectivity index (χ2n) is 4.87. The number of hydrogen-bond acceptors (Lipinski definition) is 3. The number of unbranched alkanes of at least 4 members (excludes halogenated alkanes) is 1. The van der Waals surface area contributed by atoms with Crippen molar-refractivity contribution >= 4 is 29.6 Å². The van der Waals surface area contributed by atoms with Crippen molar-refractivity contribution in [3.8, 4) is 0 Å². The minimum Gasteiger partial charge on any atom is -0.457 e. The van der Waals surface area contributed by atoms with Crippen molar-refractivity contribution in [1.82, 2.24) is 5.01 Å². The van der Waals surface area contributed by atoms with Gasteiger partial charge in [0.05, 0.1) is 0 Å². The van der Waals surface area contributed by atoms with Crippen molar-refractivity contribution in [1.29, 1.82) is 0 Å². The Balaban J connectivity index is 0.000000217. The lowest BCUT2D eigenvalue weighted by atomic mass is 10.2. The van der Waals surface area contributed by atoms with Crippen LogP contribution in [0.15, 0.2) is 29.4 Å². The number of hydrogen-bond donors (Lipinski definition) is 0. The summed E-state index contributed by atoms with van der Waals surface area (Å²) in [6.07, 6.45) is 5.24. The molecule has 0 saturated heterocycles. The molecule has 1 unspecified atom stereocenters. The molecule has 1 aliphatic heterocycles. The van der Waals surface area contributed by atoms with Crippen molar-refractivity contribution in [3.63, 3.8) is 0 Å². The van der Waals surface area contributed by atoms with E-state index in [1.165, 1.54) is 12.8 Å². The first-order chi connectivity index (χ1) is 9.54. The number of hydrazone groups is 1. The molecule has 0 aromatic heterocycles. The molecule has 3 nitrogen and oxygen atoms in total. The van der Waals surface area contributed by atoms with E-state index in [1.807, 2.05) is 11.1 Å². The first-order valence-electron chi connectivity index (χ1n) is 6.92. The number of benzene rings is 1. The highest BCUT2D eigenvalue weighted by molar-refractivity contribution is 6.34. The van der Waals surface area contributed by atoms with Crippen molar-refractivity contribution < 1.29 is 4.74 Å². The molecular formula is C15H22Cl2N2O. The maximum atomic E-state index is 5.56. The summed E-state index contributed by atoms with van der Waals surface area (Å²) < 4.78 is 5.36. The van der Waals surface area contributed by atoms with Gasteiger partial charge in [-0.15, -0.1) is 5.10 Å². The van der Waals surface area contributed by atoms with Crippen LogP contribution in [0.2, 0.25) is 10.0 Å². The Bertz CT molecular complexity index is 407. The fraction of sp³-hybridized carbons (Fsp3) is 0.533. The van der Waals surface area contributed by atoms with Crippen molar-refractivity contribution in [2.24, 2.45) is 5.10 Å². The first-order valence-corrected chi connectivity index (χ1v) is 7.67. The van der Waals surface area contributed by atoms with E-state index in [9.17, 15) is 0 Å². The molecule has 20 heavy (non-hydrogen) atoms. The van der Waals surface area contributed by atoms with Gasteiger partial charge in [0.2, 0.25) is 0 Å². The lowest BCUT2D eigenvalue weighted by Gasteiger charge is -2.25. The molecule has 0 amide bonds. The first kappa shape index (κ1) is 17.1. The number of ether oxygens (including phenoxy) is 1. The summed E-state index contributed by atoms with van der Waals surface area (Å²) >= 11 is 11.1. The normalized spacial score (nSPS) is 16.9. The third kappa shape index (κ3) is 6.02. The van der Waals surface area contributed by atoms with Crippen LogP contribution in [-0.4, -0.2) is 23.7 Å². The van der Waals surface area contributed by atoms with Gasteiger partial charge >= 0.3 is 0 Å². The summed E-state index contributed by atoms with van der Waals surface area (Å²) in [5.74, 6) is 0. The van der Waals surface area contributed by atoms with Crippen LogP contribution in [-0.2, 0) is 4.74 Å². The predicted molar refractivity (Wildman–Crippen MR) is 86.3 cm³/mol. The molecule has 1 aliphatic rings. The second-order valence-corrected chi connectivity index (χ2v) is 5.74. The van der Waals surface area contributed by atoms with Crippen LogP contribution < -0.4 is 0 Å². The van der Waals surface area contributed by atoms with Crippen LogP contribution in [0.25, 0.3) is 0 Å². The molecule has 0 saturated carbocycles. The molecule has 2 rings (SSSR count). The van der Waals surface area contributed by atoms with Crippen molar-refractivity contribution in [3.05, 3.63) is 34.3 Å². The van der Waals surface area contributed by atoms with E-state index in [2.05, 4.69) is 25.9 Å². The minimum absolute atomic E-state index is 0.185. The topological polar surface area (TPSA) is 24.8 Å². The zero-order chi connectivity index (χ0) is 15.0. The van der Waals surface area contributed by atoms with Crippen molar-refractivity contribution in [2.75, 3.05) is 0 Å². The van der Waals surface area contributed by atoms with Crippen LogP contribution in [0.4, 0.5) is 0 Å². The van der Waals surface area contributed by atoms with Gasteiger partial charge in [0.15, 0.2) is 12.6 Å². The molecule has 0 radical (unpaired) electrons. The van der Waals surface area contributed by atoms with Crippen molar-refractivity contribution in [2.45, 2.75) is 52.3 Å².